The van der Waals surface area contributed by atoms with Crippen LogP contribution in [0.15, 0.2) is 5.16 Å². The number of ketones is 1. The van der Waals surface area contributed by atoms with Gasteiger partial charge in [0, 0.05) is 6.92 Å². The molecule has 0 bridgehead atoms. The number of Topliss-reactive ketones (excluding diaryl/α,β-unsaturated/α-hetero) is 1. The minimum atomic E-state index is -0.856. The van der Waals surface area contributed by atoms with Gasteiger partial charge >= 0.3 is 5.97 Å². The van der Waals surface area contributed by atoms with E-state index >= 15 is 0 Å². The highest BCUT2D eigenvalue weighted by molar-refractivity contribution is 6.63. The highest BCUT2D eigenvalue weighted by atomic mass is 16.5. The van der Waals surface area contributed by atoms with Crippen LogP contribution in [0.25, 0.3) is 0 Å². The fourth-order valence-corrected chi connectivity index (χ4v) is 1.19. The van der Waals surface area contributed by atoms with Gasteiger partial charge in [0.05, 0.1) is 6.61 Å². The molecule has 0 aromatic rings. The molecule has 16 heavy (non-hydrogen) atoms. The molecule has 0 rings (SSSR count). The number of esters is 1. The fourth-order valence-electron chi connectivity index (χ4n) is 1.19. The van der Waals surface area contributed by atoms with E-state index in [2.05, 4.69) is 12.1 Å². The predicted molar refractivity (Wildman–Crippen MR) is 59.6 cm³/mol. The number of hydrogen-bond donors (Lipinski definition) is 1. The van der Waals surface area contributed by atoms with Crippen LogP contribution >= 0.6 is 0 Å². The largest absolute Gasteiger partial charge is 0.461 e. The van der Waals surface area contributed by atoms with Gasteiger partial charge in [0.15, 0.2) is 5.78 Å². The van der Waals surface area contributed by atoms with Crippen LogP contribution in [0.3, 0.4) is 0 Å². The molecule has 0 saturated heterocycles. The normalized spacial score (nSPS) is 11.2. The van der Waals surface area contributed by atoms with E-state index < -0.39 is 17.5 Å². The first kappa shape index (κ1) is 14.6. The van der Waals surface area contributed by atoms with Gasteiger partial charge in [0.1, 0.15) is 0 Å². The number of oxime groups is 1. The van der Waals surface area contributed by atoms with Gasteiger partial charge in [-0.25, -0.2) is 4.79 Å². The number of carbonyl (C=O) groups is 2. The van der Waals surface area contributed by atoms with Crippen molar-refractivity contribution in [2.75, 3.05) is 6.61 Å². The van der Waals surface area contributed by atoms with Crippen LogP contribution in [-0.4, -0.2) is 29.3 Å². The maximum Gasteiger partial charge on any atom is 0.364 e. The quantitative estimate of drug-likeness (QED) is 0.172. The lowest BCUT2D eigenvalue weighted by atomic mass is 10.2. The molecular weight excluding hydrogens is 210 g/mol. The molecule has 0 saturated carbocycles. The van der Waals surface area contributed by atoms with Crippen molar-refractivity contribution in [2.45, 2.75) is 46.0 Å². The molecule has 0 aliphatic carbocycles. The summed E-state index contributed by atoms with van der Waals surface area (Å²) in [5.41, 5.74) is -0.548. The Hall–Kier alpha value is -1.39. The van der Waals surface area contributed by atoms with Crippen molar-refractivity contribution in [1.82, 2.24) is 0 Å². The summed E-state index contributed by atoms with van der Waals surface area (Å²) < 4.78 is 4.79. The number of hydrogen-bond acceptors (Lipinski definition) is 5. The van der Waals surface area contributed by atoms with Crippen molar-refractivity contribution >= 4 is 17.5 Å². The van der Waals surface area contributed by atoms with Crippen LogP contribution < -0.4 is 0 Å². The monoisotopic (exact) mass is 229 g/mol. The fraction of sp³-hybridized carbons (Fsp3) is 0.727. The predicted octanol–water partition coefficient (Wildman–Crippen LogP) is 1.92. The van der Waals surface area contributed by atoms with Crippen molar-refractivity contribution < 1.29 is 19.5 Å². The number of rotatable bonds is 8. The maximum absolute atomic E-state index is 11.2. The topological polar surface area (TPSA) is 76.0 Å². The summed E-state index contributed by atoms with van der Waals surface area (Å²) in [4.78, 5) is 22.0. The Kier molecular flexibility index (Phi) is 8.11. The number of nitrogens with zero attached hydrogens (tertiary/aromatic N) is 1. The van der Waals surface area contributed by atoms with Crippen LogP contribution in [-0.2, 0) is 14.3 Å². The van der Waals surface area contributed by atoms with Gasteiger partial charge < -0.3 is 9.94 Å². The lowest BCUT2D eigenvalue weighted by molar-refractivity contribution is -0.136. The smallest absolute Gasteiger partial charge is 0.364 e. The Morgan fingerprint density at radius 3 is 2.31 bits per heavy atom. The summed E-state index contributed by atoms with van der Waals surface area (Å²) in [5.74, 6) is -1.45. The molecule has 5 heteroatoms. The van der Waals surface area contributed by atoms with E-state index in [1.54, 1.807) is 0 Å². The zero-order valence-electron chi connectivity index (χ0n) is 9.86. The lowest BCUT2D eigenvalue weighted by Crippen LogP contribution is -2.24. The van der Waals surface area contributed by atoms with Gasteiger partial charge in [0.25, 0.3) is 0 Å². The van der Waals surface area contributed by atoms with Crippen LogP contribution in [0.5, 0.6) is 0 Å². The third kappa shape index (κ3) is 6.16. The Balaban J connectivity index is 3.69. The van der Waals surface area contributed by atoms with Crippen LogP contribution in [0.2, 0.25) is 0 Å². The minimum Gasteiger partial charge on any atom is -0.461 e. The highest BCUT2D eigenvalue weighted by Crippen LogP contribution is 2.02. The van der Waals surface area contributed by atoms with Crippen molar-refractivity contribution in [3.63, 3.8) is 0 Å². The van der Waals surface area contributed by atoms with Crippen LogP contribution in [0, 0.1) is 0 Å². The maximum atomic E-state index is 11.2. The number of carbonyl (C=O) groups excluding carboxylic acids is 2. The molecule has 0 atom stereocenters. The van der Waals surface area contributed by atoms with E-state index in [-0.39, 0.29) is 6.61 Å². The molecule has 0 amide bonds. The summed E-state index contributed by atoms with van der Waals surface area (Å²) >= 11 is 0. The van der Waals surface area contributed by atoms with E-state index in [0.29, 0.717) is 0 Å². The Bertz CT molecular complexity index is 261. The summed E-state index contributed by atoms with van der Waals surface area (Å²) in [6, 6.07) is 0. The molecule has 0 aromatic heterocycles. The zero-order valence-corrected chi connectivity index (χ0v) is 9.86. The van der Waals surface area contributed by atoms with Crippen molar-refractivity contribution in [3.8, 4) is 0 Å². The molecule has 1 N–H and O–H groups in total. The number of unbranched alkanes of at least 4 members (excludes halogenated alkanes) is 4. The summed E-state index contributed by atoms with van der Waals surface area (Å²) in [5, 5.41) is 11.0. The Morgan fingerprint density at radius 2 is 1.81 bits per heavy atom. The summed E-state index contributed by atoms with van der Waals surface area (Å²) in [6.45, 7) is 3.53. The molecule has 0 spiro atoms. The second-order valence-corrected chi connectivity index (χ2v) is 3.55. The molecule has 5 nitrogen and oxygen atoms in total. The third-order valence-corrected chi connectivity index (χ3v) is 2.11. The van der Waals surface area contributed by atoms with Crippen molar-refractivity contribution in [1.29, 1.82) is 0 Å². The number of ether oxygens (including phenoxy) is 1. The average molecular weight is 229 g/mol. The second-order valence-electron chi connectivity index (χ2n) is 3.55. The molecule has 0 unspecified atom stereocenters. The molecule has 0 aromatic carbocycles. The molecule has 0 fully saturated rings. The first-order valence-corrected chi connectivity index (χ1v) is 5.53. The Morgan fingerprint density at radius 1 is 1.19 bits per heavy atom. The standard InChI is InChI=1S/C11H19NO4/c1-3-4-5-6-7-8-16-11(14)10(12-15)9(2)13/h15H,3-8H2,1-2H3/b12-10-. The van der Waals surface area contributed by atoms with E-state index in [1.165, 1.54) is 6.42 Å². The molecule has 0 radical (unpaired) electrons. The van der Waals surface area contributed by atoms with Gasteiger partial charge in [-0.2, -0.15) is 0 Å². The Labute approximate surface area is 95.5 Å². The average Bonchev–Trinajstić information content (AvgIpc) is 2.23. The minimum absolute atomic E-state index is 0.259. The lowest BCUT2D eigenvalue weighted by Gasteiger charge is -2.03. The van der Waals surface area contributed by atoms with Gasteiger partial charge in [-0.1, -0.05) is 37.8 Å². The van der Waals surface area contributed by atoms with Crippen LogP contribution in [0.1, 0.15) is 46.0 Å². The first-order valence-electron chi connectivity index (χ1n) is 5.53. The first-order chi connectivity index (χ1) is 7.63. The van der Waals surface area contributed by atoms with E-state index in [0.717, 1.165) is 32.6 Å². The second kappa shape index (κ2) is 8.88. The van der Waals surface area contributed by atoms with Crippen LogP contribution in [0.4, 0.5) is 0 Å². The molecule has 0 aliphatic heterocycles. The summed E-state index contributed by atoms with van der Waals surface area (Å²) in [7, 11) is 0. The van der Waals surface area contributed by atoms with Crippen molar-refractivity contribution in [2.24, 2.45) is 5.16 Å². The zero-order chi connectivity index (χ0) is 12.4. The van der Waals surface area contributed by atoms with E-state index in [9.17, 15) is 9.59 Å². The van der Waals surface area contributed by atoms with Gasteiger partial charge in [-0.15, -0.1) is 0 Å². The molecule has 92 valence electrons. The van der Waals surface area contributed by atoms with E-state index in [1.807, 2.05) is 0 Å². The SMILES string of the molecule is CCCCCCCOC(=O)/C(=N\O)C(C)=O. The van der Waals surface area contributed by atoms with Crippen molar-refractivity contribution in [3.05, 3.63) is 0 Å². The highest BCUT2D eigenvalue weighted by Gasteiger charge is 2.18. The van der Waals surface area contributed by atoms with E-state index in [4.69, 9.17) is 9.94 Å². The molecular formula is C11H19NO4. The third-order valence-electron chi connectivity index (χ3n) is 2.11. The van der Waals surface area contributed by atoms with Gasteiger partial charge in [-0.05, 0) is 6.42 Å². The van der Waals surface area contributed by atoms with Gasteiger partial charge in [0.2, 0.25) is 5.71 Å². The molecule has 0 heterocycles. The summed E-state index contributed by atoms with van der Waals surface area (Å²) in [6.07, 6.45) is 5.20. The molecule has 0 aliphatic rings. The van der Waals surface area contributed by atoms with Gasteiger partial charge in [-0.3, -0.25) is 4.79 Å².